The first-order valence-corrected chi connectivity index (χ1v) is 4.15. The highest BCUT2D eigenvalue weighted by atomic mass is 19.3. The molecule has 0 unspecified atom stereocenters. The minimum Gasteiger partial charge on any atom is -0.508 e. The van der Waals surface area contributed by atoms with E-state index in [2.05, 4.69) is 0 Å². The molecule has 14 heavy (non-hydrogen) atoms. The molecule has 0 aliphatic carbocycles. The monoisotopic (exact) mass is 197 g/mol. The Balaban J connectivity index is 2.77. The number of phenols is 1. The van der Waals surface area contributed by atoms with Crippen molar-refractivity contribution in [2.75, 3.05) is 0 Å². The molecule has 4 heteroatoms. The van der Waals surface area contributed by atoms with Crippen molar-refractivity contribution in [3.8, 4) is 5.75 Å². The maximum atomic E-state index is 12.5. The first-order valence-electron chi connectivity index (χ1n) is 4.15. The number of aromatic hydroxyl groups is 1. The summed E-state index contributed by atoms with van der Waals surface area (Å²) in [5.74, 6) is 0.0829. The molecule has 0 saturated heterocycles. The summed E-state index contributed by atoms with van der Waals surface area (Å²) >= 11 is 0. The fourth-order valence-corrected chi connectivity index (χ4v) is 1.58. The van der Waals surface area contributed by atoms with E-state index >= 15 is 0 Å². The Morgan fingerprint density at radius 1 is 1.36 bits per heavy atom. The molecular formula is C10H9F2NO. The van der Waals surface area contributed by atoms with Gasteiger partial charge in [0.1, 0.15) is 5.75 Å². The Labute approximate surface area is 79.4 Å². The molecule has 0 aliphatic rings. The predicted octanol–water partition coefficient (Wildman–Crippen LogP) is 2.82. The maximum Gasteiger partial charge on any atom is 0.265 e. The van der Waals surface area contributed by atoms with Crippen LogP contribution in [0.15, 0.2) is 24.4 Å². The molecule has 0 atom stereocenters. The second kappa shape index (κ2) is 2.97. The number of aryl methyl sites for hydroxylation is 1. The van der Waals surface area contributed by atoms with Crippen LogP contribution in [0, 0.1) is 0 Å². The van der Waals surface area contributed by atoms with E-state index in [0.29, 0.717) is 10.9 Å². The Morgan fingerprint density at radius 2 is 2.07 bits per heavy atom. The number of fused-ring (bicyclic) bond motifs is 1. The van der Waals surface area contributed by atoms with Crippen LogP contribution in [0.25, 0.3) is 10.9 Å². The van der Waals surface area contributed by atoms with Gasteiger partial charge in [0.05, 0.1) is 5.52 Å². The zero-order chi connectivity index (χ0) is 10.3. The summed E-state index contributed by atoms with van der Waals surface area (Å²) in [5, 5.41) is 9.69. The van der Waals surface area contributed by atoms with E-state index in [4.69, 9.17) is 0 Å². The number of alkyl halides is 2. The molecule has 2 nitrogen and oxygen atoms in total. The van der Waals surface area contributed by atoms with Gasteiger partial charge in [-0.1, -0.05) is 0 Å². The molecular weight excluding hydrogens is 188 g/mol. The van der Waals surface area contributed by atoms with Crippen molar-refractivity contribution in [2.24, 2.45) is 7.05 Å². The van der Waals surface area contributed by atoms with E-state index in [-0.39, 0.29) is 11.3 Å². The van der Waals surface area contributed by atoms with Crippen LogP contribution >= 0.6 is 0 Å². The molecule has 0 spiro atoms. The van der Waals surface area contributed by atoms with Crippen LogP contribution in [-0.2, 0) is 7.05 Å². The van der Waals surface area contributed by atoms with Crippen molar-refractivity contribution in [2.45, 2.75) is 6.43 Å². The van der Waals surface area contributed by atoms with Gasteiger partial charge in [0, 0.05) is 30.3 Å². The lowest BCUT2D eigenvalue weighted by Gasteiger charge is -1.97. The van der Waals surface area contributed by atoms with Crippen LogP contribution < -0.4 is 0 Å². The van der Waals surface area contributed by atoms with E-state index < -0.39 is 6.43 Å². The molecule has 1 aromatic carbocycles. The number of hydrogen-bond acceptors (Lipinski definition) is 1. The van der Waals surface area contributed by atoms with Crippen molar-refractivity contribution in [1.29, 1.82) is 0 Å². The van der Waals surface area contributed by atoms with E-state index in [0.717, 1.165) is 0 Å². The standard InChI is InChI=1S/C10H9F2NO/c1-13-5-8(10(11)12)7-3-2-6(14)4-9(7)13/h2-5,10,14H,1H3. The second-order valence-corrected chi connectivity index (χ2v) is 3.20. The van der Waals surface area contributed by atoms with Gasteiger partial charge in [0.25, 0.3) is 6.43 Å². The van der Waals surface area contributed by atoms with Gasteiger partial charge in [-0.3, -0.25) is 0 Å². The van der Waals surface area contributed by atoms with E-state index in [1.54, 1.807) is 11.6 Å². The summed E-state index contributed by atoms with van der Waals surface area (Å²) in [6, 6.07) is 4.39. The molecule has 74 valence electrons. The van der Waals surface area contributed by atoms with Gasteiger partial charge >= 0.3 is 0 Å². The summed E-state index contributed by atoms with van der Waals surface area (Å²) in [4.78, 5) is 0. The summed E-state index contributed by atoms with van der Waals surface area (Å²) in [7, 11) is 1.67. The van der Waals surface area contributed by atoms with Gasteiger partial charge in [-0.25, -0.2) is 8.78 Å². The van der Waals surface area contributed by atoms with Crippen LogP contribution in [-0.4, -0.2) is 9.67 Å². The number of benzene rings is 1. The lowest BCUT2D eigenvalue weighted by molar-refractivity contribution is 0.153. The third-order valence-electron chi connectivity index (χ3n) is 2.24. The number of aromatic nitrogens is 1. The summed E-state index contributed by atoms with van der Waals surface area (Å²) in [6.07, 6.45) is -1.10. The molecule has 0 fully saturated rings. The highest BCUT2D eigenvalue weighted by Gasteiger charge is 2.14. The highest BCUT2D eigenvalue weighted by molar-refractivity contribution is 5.85. The fourth-order valence-electron chi connectivity index (χ4n) is 1.58. The Hall–Kier alpha value is -1.58. The minimum atomic E-state index is -2.48. The van der Waals surface area contributed by atoms with Crippen molar-refractivity contribution in [1.82, 2.24) is 4.57 Å². The first kappa shape index (κ1) is 8.99. The van der Waals surface area contributed by atoms with Crippen molar-refractivity contribution in [3.63, 3.8) is 0 Å². The Kier molecular flexibility index (Phi) is 1.91. The highest BCUT2D eigenvalue weighted by Crippen LogP contribution is 2.30. The quantitative estimate of drug-likeness (QED) is 0.747. The van der Waals surface area contributed by atoms with Gasteiger partial charge in [-0.15, -0.1) is 0 Å². The zero-order valence-electron chi connectivity index (χ0n) is 7.54. The maximum absolute atomic E-state index is 12.5. The third-order valence-corrected chi connectivity index (χ3v) is 2.24. The summed E-state index contributed by atoms with van der Waals surface area (Å²) in [5.41, 5.74) is 0.614. The van der Waals surface area contributed by atoms with Crippen LogP contribution in [0.5, 0.6) is 5.75 Å². The number of hydrogen-bond donors (Lipinski definition) is 1. The van der Waals surface area contributed by atoms with Gasteiger partial charge < -0.3 is 9.67 Å². The van der Waals surface area contributed by atoms with E-state index in [1.807, 2.05) is 0 Å². The number of nitrogens with zero attached hydrogens (tertiary/aromatic N) is 1. The van der Waals surface area contributed by atoms with Crippen molar-refractivity contribution >= 4 is 10.9 Å². The topological polar surface area (TPSA) is 25.2 Å². The molecule has 1 N–H and O–H groups in total. The van der Waals surface area contributed by atoms with Gasteiger partial charge in [-0.05, 0) is 12.1 Å². The lowest BCUT2D eigenvalue weighted by atomic mass is 10.2. The third kappa shape index (κ3) is 1.23. The molecule has 2 rings (SSSR count). The largest absolute Gasteiger partial charge is 0.508 e. The smallest absolute Gasteiger partial charge is 0.265 e. The average molecular weight is 197 g/mol. The van der Waals surface area contributed by atoms with Crippen LogP contribution in [0.2, 0.25) is 0 Å². The molecule has 0 bridgehead atoms. The molecule has 0 saturated carbocycles. The zero-order valence-corrected chi connectivity index (χ0v) is 7.54. The number of rotatable bonds is 1. The summed E-state index contributed by atoms with van der Waals surface area (Å²) in [6.45, 7) is 0. The van der Waals surface area contributed by atoms with E-state index in [9.17, 15) is 13.9 Å². The number of phenolic OH excluding ortho intramolecular Hbond substituents is 1. The fraction of sp³-hybridized carbons (Fsp3) is 0.200. The molecule has 2 aromatic rings. The van der Waals surface area contributed by atoms with E-state index in [1.165, 1.54) is 24.4 Å². The average Bonchev–Trinajstić information content (AvgIpc) is 2.44. The van der Waals surface area contributed by atoms with Gasteiger partial charge in [-0.2, -0.15) is 0 Å². The predicted molar refractivity (Wildman–Crippen MR) is 49.5 cm³/mol. The number of halogens is 2. The van der Waals surface area contributed by atoms with Crippen LogP contribution in [0.4, 0.5) is 8.78 Å². The molecule has 0 amide bonds. The van der Waals surface area contributed by atoms with Crippen molar-refractivity contribution < 1.29 is 13.9 Å². The SMILES string of the molecule is Cn1cc(C(F)F)c2ccc(O)cc21. The lowest BCUT2D eigenvalue weighted by Crippen LogP contribution is -1.82. The van der Waals surface area contributed by atoms with Crippen LogP contribution in [0.1, 0.15) is 12.0 Å². The first-order chi connectivity index (χ1) is 6.59. The van der Waals surface area contributed by atoms with Crippen LogP contribution in [0.3, 0.4) is 0 Å². The normalized spacial score (nSPS) is 11.4. The molecule has 1 aromatic heterocycles. The molecule has 1 heterocycles. The second-order valence-electron chi connectivity index (χ2n) is 3.20. The Bertz CT molecular complexity index is 476. The van der Waals surface area contributed by atoms with Gasteiger partial charge in [0.2, 0.25) is 0 Å². The Morgan fingerprint density at radius 3 is 2.71 bits per heavy atom. The minimum absolute atomic E-state index is 0.00231. The molecule has 0 aliphatic heterocycles. The summed E-state index contributed by atoms with van der Waals surface area (Å²) < 4.78 is 26.6. The van der Waals surface area contributed by atoms with Crippen molar-refractivity contribution in [3.05, 3.63) is 30.0 Å². The van der Waals surface area contributed by atoms with Gasteiger partial charge in [0.15, 0.2) is 0 Å². The molecule has 0 radical (unpaired) electrons.